The predicted molar refractivity (Wildman–Crippen MR) is 72.9 cm³/mol. The second-order valence-electron chi connectivity index (χ2n) is 4.30. The Kier molecular flexibility index (Phi) is 3.48. The molecular formula is C13H16ClN3O. The highest BCUT2D eigenvalue weighted by atomic mass is 35.5. The van der Waals surface area contributed by atoms with Crippen LogP contribution in [-0.4, -0.2) is 9.78 Å². The maximum Gasteiger partial charge on any atom is 0.138 e. The van der Waals surface area contributed by atoms with Crippen LogP contribution in [0, 0.1) is 13.8 Å². The molecule has 4 nitrogen and oxygen atoms in total. The molecule has 0 spiro atoms. The Morgan fingerprint density at radius 2 is 2.11 bits per heavy atom. The number of nitrogen functional groups attached to an aromatic ring is 1. The van der Waals surface area contributed by atoms with Gasteiger partial charge in [-0.2, -0.15) is 5.10 Å². The molecule has 0 amide bonds. The summed E-state index contributed by atoms with van der Waals surface area (Å²) in [6.45, 7) is 4.27. The van der Waals surface area contributed by atoms with E-state index in [1.165, 1.54) is 0 Å². The number of halogens is 1. The first-order valence-electron chi connectivity index (χ1n) is 5.66. The average Bonchev–Trinajstić information content (AvgIpc) is 2.55. The van der Waals surface area contributed by atoms with Gasteiger partial charge in [0.1, 0.15) is 18.2 Å². The summed E-state index contributed by atoms with van der Waals surface area (Å²) in [7, 11) is 1.81. The van der Waals surface area contributed by atoms with Crippen molar-refractivity contribution in [2.45, 2.75) is 20.5 Å². The summed E-state index contributed by atoms with van der Waals surface area (Å²) >= 11 is 6.07. The third-order valence-corrected chi connectivity index (χ3v) is 3.17. The molecule has 1 heterocycles. The second kappa shape index (κ2) is 4.90. The van der Waals surface area contributed by atoms with Gasteiger partial charge in [0.15, 0.2) is 0 Å². The van der Waals surface area contributed by atoms with Gasteiger partial charge < -0.3 is 10.5 Å². The van der Waals surface area contributed by atoms with Gasteiger partial charge in [0, 0.05) is 7.05 Å². The van der Waals surface area contributed by atoms with E-state index in [0.717, 1.165) is 16.8 Å². The Bertz CT molecular complexity index is 578. The molecule has 0 saturated carbocycles. The monoisotopic (exact) mass is 265 g/mol. The van der Waals surface area contributed by atoms with Crippen LogP contribution < -0.4 is 10.5 Å². The van der Waals surface area contributed by atoms with Crippen LogP contribution >= 0.6 is 11.6 Å². The van der Waals surface area contributed by atoms with E-state index in [4.69, 9.17) is 22.1 Å². The third-order valence-electron chi connectivity index (χ3n) is 2.85. The zero-order valence-electron chi connectivity index (χ0n) is 10.7. The van der Waals surface area contributed by atoms with Crippen LogP contribution in [0.2, 0.25) is 5.02 Å². The molecule has 2 rings (SSSR count). The Hall–Kier alpha value is -1.68. The van der Waals surface area contributed by atoms with Crippen molar-refractivity contribution in [3.05, 3.63) is 40.0 Å². The Morgan fingerprint density at radius 1 is 1.39 bits per heavy atom. The summed E-state index contributed by atoms with van der Waals surface area (Å²) in [5.74, 6) is 1.29. The fourth-order valence-corrected chi connectivity index (χ4v) is 1.94. The number of benzene rings is 1. The van der Waals surface area contributed by atoms with Crippen molar-refractivity contribution in [2.24, 2.45) is 7.05 Å². The number of aromatic nitrogens is 2. The maximum atomic E-state index is 6.07. The quantitative estimate of drug-likeness (QED) is 0.928. The zero-order valence-corrected chi connectivity index (χ0v) is 11.5. The summed E-state index contributed by atoms with van der Waals surface area (Å²) in [6, 6.07) is 5.68. The molecule has 0 radical (unpaired) electrons. The number of nitrogens with zero attached hydrogens (tertiary/aromatic N) is 2. The Morgan fingerprint density at radius 3 is 2.72 bits per heavy atom. The molecule has 1 aromatic carbocycles. The van der Waals surface area contributed by atoms with Crippen molar-refractivity contribution >= 4 is 17.4 Å². The highest BCUT2D eigenvalue weighted by molar-refractivity contribution is 6.32. The summed E-state index contributed by atoms with van der Waals surface area (Å²) < 4.78 is 7.36. The topological polar surface area (TPSA) is 53.1 Å². The summed E-state index contributed by atoms with van der Waals surface area (Å²) in [5, 5.41) is 4.84. The van der Waals surface area contributed by atoms with Gasteiger partial charge in [-0.1, -0.05) is 17.7 Å². The number of aryl methyl sites for hydroxylation is 3. The first-order chi connectivity index (χ1) is 8.49. The van der Waals surface area contributed by atoms with Gasteiger partial charge >= 0.3 is 0 Å². The van der Waals surface area contributed by atoms with Gasteiger partial charge in [-0.15, -0.1) is 0 Å². The van der Waals surface area contributed by atoms with E-state index < -0.39 is 0 Å². The highest BCUT2D eigenvalue weighted by Crippen LogP contribution is 2.27. The van der Waals surface area contributed by atoms with E-state index >= 15 is 0 Å². The first-order valence-corrected chi connectivity index (χ1v) is 6.03. The van der Waals surface area contributed by atoms with Crippen LogP contribution in [0.5, 0.6) is 5.75 Å². The lowest BCUT2D eigenvalue weighted by Crippen LogP contribution is -2.03. The third kappa shape index (κ3) is 2.43. The van der Waals surface area contributed by atoms with Crippen LogP contribution in [0.1, 0.15) is 16.8 Å². The average molecular weight is 266 g/mol. The van der Waals surface area contributed by atoms with Crippen LogP contribution in [0.4, 0.5) is 5.82 Å². The van der Waals surface area contributed by atoms with E-state index in [2.05, 4.69) is 5.10 Å². The molecule has 0 bridgehead atoms. The van der Waals surface area contributed by atoms with E-state index in [1.807, 2.05) is 39.1 Å². The molecule has 96 valence electrons. The van der Waals surface area contributed by atoms with Gasteiger partial charge in [-0.25, -0.2) is 0 Å². The minimum atomic E-state index is 0.370. The van der Waals surface area contributed by atoms with Crippen molar-refractivity contribution < 1.29 is 4.74 Å². The van der Waals surface area contributed by atoms with Crippen LogP contribution in [0.15, 0.2) is 18.2 Å². The lowest BCUT2D eigenvalue weighted by atomic mass is 10.2. The zero-order chi connectivity index (χ0) is 13.3. The smallest absolute Gasteiger partial charge is 0.138 e. The number of rotatable bonds is 3. The molecule has 0 unspecified atom stereocenters. The molecular weight excluding hydrogens is 250 g/mol. The minimum Gasteiger partial charge on any atom is -0.487 e. The van der Waals surface area contributed by atoms with E-state index in [9.17, 15) is 0 Å². The number of nitrogens with two attached hydrogens (primary N) is 1. The first kappa shape index (κ1) is 12.8. The fraction of sp³-hybridized carbons (Fsp3) is 0.308. The van der Waals surface area contributed by atoms with E-state index in [-0.39, 0.29) is 0 Å². The van der Waals surface area contributed by atoms with Gasteiger partial charge in [-0.3, -0.25) is 4.68 Å². The Balaban J connectivity index is 2.19. The van der Waals surface area contributed by atoms with E-state index in [1.54, 1.807) is 4.68 Å². The van der Waals surface area contributed by atoms with Crippen molar-refractivity contribution in [3.8, 4) is 5.75 Å². The largest absolute Gasteiger partial charge is 0.487 e. The predicted octanol–water partition coefficient (Wildman–Crippen LogP) is 2.85. The lowest BCUT2D eigenvalue weighted by molar-refractivity contribution is 0.306. The number of hydrogen-bond donors (Lipinski definition) is 1. The highest BCUT2D eigenvalue weighted by Gasteiger charge is 2.11. The molecule has 0 saturated heterocycles. The normalized spacial score (nSPS) is 10.7. The van der Waals surface area contributed by atoms with Crippen LogP contribution in [0.3, 0.4) is 0 Å². The van der Waals surface area contributed by atoms with Gasteiger partial charge in [0.2, 0.25) is 0 Å². The number of ether oxygens (including phenoxy) is 1. The molecule has 18 heavy (non-hydrogen) atoms. The molecule has 0 aliphatic rings. The summed E-state index contributed by atoms with van der Waals surface area (Å²) in [6.07, 6.45) is 0. The standard InChI is InChI=1S/C13H16ClN3O/c1-8-4-5-11(14)12(6-8)18-7-10-9(2)16-17(3)13(10)15/h4-6H,7,15H2,1-3H3. The lowest BCUT2D eigenvalue weighted by Gasteiger charge is -2.09. The van der Waals surface area contributed by atoms with Crippen LogP contribution in [0.25, 0.3) is 0 Å². The van der Waals surface area contributed by atoms with Gasteiger partial charge in [0.05, 0.1) is 16.3 Å². The van der Waals surface area contributed by atoms with Crippen molar-refractivity contribution in [1.29, 1.82) is 0 Å². The molecule has 0 aliphatic carbocycles. The molecule has 2 aromatic rings. The molecule has 0 fully saturated rings. The molecule has 5 heteroatoms. The molecule has 0 atom stereocenters. The fourth-order valence-electron chi connectivity index (χ4n) is 1.77. The van der Waals surface area contributed by atoms with Crippen LogP contribution in [-0.2, 0) is 13.7 Å². The maximum absolute atomic E-state index is 6.07. The minimum absolute atomic E-state index is 0.370. The van der Waals surface area contributed by atoms with Crippen molar-refractivity contribution in [2.75, 3.05) is 5.73 Å². The molecule has 2 N–H and O–H groups in total. The number of hydrogen-bond acceptors (Lipinski definition) is 3. The van der Waals surface area contributed by atoms with Gasteiger partial charge in [-0.05, 0) is 31.5 Å². The summed E-state index contributed by atoms with van der Waals surface area (Å²) in [4.78, 5) is 0. The molecule has 1 aromatic heterocycles. The van der Waals surface area contributed by atoms with E-state index in [0.29, 0.717) is 23.2 Å². The Labute approximate surface area is 111 Å². The van der Waals surface area contributed by atoms with Crippen molar-refractivity contribution in [3.63, 3.8) is 0 Å². The van der Waals surface area contributed by atoms with Gasteiger partial charge in [0.25, 0.3) is 0 Å². The SMILES string of the molecule is Cc1ccc(Cl)c(OCc2c(C)nn(C)c2N)c1. The number of anilines is 1. The second-order valence-corrected chi connectivity index (χ2v) is 4.70. The van der Waals surface area contributed by atoms with Crippen molar-refractivity contribution in [1.82, 2.24) is 9.78 Å². The molecule has 0 aliphatic heterocycles. The summed E-state index contributed by atoms with van der Waals surface area (Å²) in [5.41, 5.74) is 8.80.